The predicted molar refractivity (Wildman–Crippen MR) is 156 cm³/mol. The predicted octanol–water partition coefficient (Wildman–Crippen LogP) is 5.70. The molecule has 1 fully saturated rings. The minimum Gasteiger partial charge on any atom is -0.457 e. The molecule has 1 aliphatic heterocycles. The summed E-state index contributed by atoms with van der Waals surface area (Å²) in [4.78, 5) is 21.2. The molecule has 3 heterocycles. The lowest BCUT2D eigenvalue weighted by Crippen LogP contribution is -2.54. The first-order valence-corrected chi connectivity index (χ1v) is 14.5. The fourth-order valence-electron chi connectivity index (χ4n) is 5.08. The number of rotatable bonds is 10. The number of Topliss-reactive ketones (excluding diaryl/α,β-unsaturated/α-hetero) is 1. The Balaban J connectivity index is 1.42. The number of carbonyl (C=O) groups excluding carboxylic acids is 1. The van der Waals surface area contributed by atoms with Crippen molar-refractivity contribution in [2.24, 2.45) is 5.73 Å². The summed E-state index contributed by atoms with van der Waals surface area (Å²) in [6.07, 6.45) is -0.760. The van der Waals surface area contributed by atoms with E-state index in [4.69, 9.17) is 10.5 Å². The number of carbonyl (C=O) groups is 1. The van der Waals surface area contributed by atoms with Crippen molar-refractivity contribution in [1.29, 1.82) is 0 Å². The van der Waals surface area contributed by atoms with Gasteiger partial charge in [-0.1, -0.05) is 24.3 Å². The Morgan fingerprint density at radius 1 is 1.12 bits per heavy atom. The van der Waals surface area contributed by atoms with Crippen LogP contribution in [0.25, 0.3) is 10.6 Å². The smallest absolute Gasteiger partial charge is 0.422 e. The normalized spacial score (nSPS) is 16.0. The van der Waals surface area contributed by atoms with Crippen LogP contribution in [0.2, 0.25) is 0 Å². The fraction of sp³-hybridized carbons (Fsp3) is 0.333. The van der Waals surface area contributed by atoms with E-state index in [0.29, 0.717) is 54.6 Å². The molecule has 0 saturated carbocycles. The van der Waals surface area contributed by atoms with Gasteiger partial charge in [-0.3, -0.25) is 9.69 Å². The summed E-state index contributed by atoms with van der Waals surface area (Å²) < 4.78 is 50.2. The van der Waals surface area contributed by atoms with Crippen molar-refractivity contribution in [1.82, 2.24) is 20.1 Å². The molecule has 8 nitrogen and oxygen atoms in total. The number of ketones is 1. The van der Waals surface area contributed by atoms with Crippen molar-refractivity contribution in [3.8, 4) is 22.1 Å². The highest BCUT2D eigenvalue weighted by Gasteiger charge is 2.41. The molecule has 0 amide bonds. The summed E-state index contributed by atoms with van der Waals surface area (Å²) >= 11 is 1.33. The van der Waals surface area contributed by atoms with E-state index in [2.05, 4.69) is 20.1 Å². The van der Waals surface area contributed by atoms with Gasteiger partial charge in [0.1, 0.15) is 27.8 Å². The average Bonchev–Trinajstić information content (AvgIpc) is 3.49. The van der Waals surface area contributed by atoms with Gasteiger partial charge >= 0.3 is 6.18 Å². The number of nitrogens with zero attached hydrogens (tertiary/aromatic N) is 5. The lowest BCUT2D eigenvalue weighted by atomic mass is 9.97. The van der Waals surface area contributed by atoms with E-state index < -0.39 is 11.7 Å². The third-order valence-corrected chi connectivity index (χ3v) is 8.21. The highest BCUT2D eigenvalue weighted by atomic mass is 32.1. The number of likely N-dealkylation sites (N-methyl/N-ethyl adjacent to an activating group) is 1. The van der Waals surface area contributed by atoms with Gasteiger partial charge in [0.05, 0.1) is 18.1 Å². The van der Waals surface area contributed by atoms with Crippen LogP contribution in [0.15, 0.2) is 66.3 Å². The maximum Gasteiger partial charge on any atom is 0.422 e. The Morgan fingerprint density at radius 3 is 2.64 bits per heavy atom. The van der Waals surface area contributed by atoms with E-state index in [1.54, 1.807) is 65.1 Å². The summed E-state index contributed by atoms with van der Waals surface area (Å²) in [5.41, 5.74) is 6.86. The molecule has 2 N–H and O–H groups in total. The number of anilines is 1. The number of hydrogen-bond donors (Lipinski definition) is 1. The summed E-state index contributed by atoms with van der Waals surface area (Å²) in [7, 11) is 1.93. The van der Waals surface area contributed by atoms with Gasteiger partial charge in [-0.15, -0.1) is 11.3 Å². The van der Waals surface area contributed by atoms with Gasteiger partial charge in [0.25, 0.3) is 0 Å². The molecule has 0 aliphatic carbocycles. The topological polar surface area (TPSA) is 97.5 Å². The first-order valence-electron chi connectivity index (χ1n) is 13.6. The zero-order valence-electron chi connectivity index (χ0n) is 23.1. The highest BCUT2D eigenvalue weighted by Crippen LogP contribution is 2.46. The summed E-state index contributed by atoms with van der Waals surface area (Å²) in [6, 6.07) is 13.2. The third kappa shape index (κ3) is 6.77. The molecule has 4 aromatic rings. The Hall–Kier alpha value is -3.87. The number of piperazine rings is 1. The highest BCUT2D eigenvalue weighted by molar-refractivity contribution is 7.13. The number of aryl methyl sites for hydroxylation is 1. The SMILES string of the molecule is CN1CCN(c2c(CCCC(=O)c3csc(-c4ccnnc4)n3)ccc(Oc3ccccc3)c2C(F)(F)F)C[C@@H]1CN. The molecule has 0 unspecified atom stereocenters. The van der Waals surface area contributed by atoms with Crippen molar-refractivity contribution in [2.75, 3.05) is 38.1 Å². The number of nitrogens with two attached hydrogens (primary N) is 1. The number of benzene rings is 2. The minimum absolute atomic E-state index is 0.0936. The number of aromatic nitrogens is 3. The lowest BCUT2D eigenvalue weighted by Gasteiger charge is -2.42. The standard InChI is InChI=1S/C30H31F3N6O2S/c1-38-14-15-39(18-22(38)16-34)28-20(10-11-26(27(28)30(31,32)33)41-23-7-3-2-4-8-23)6-5-9-25(40)24-19-42-29(37-24)21-12-13-35-36-17-21/h2-4,7-8,10-13,17,19,22H,5-6,9,14-16,18,34H2,1H3/t22-/m0/s1. The average molecular weight is 597 g/mol. The van der Waals surface area contributed by atoms with E-state index in [-0.39, 0.29) is 36.1 Å². The molecule has 1 saturated heterocycles. The Morgan fingerprint density at radius 2 is 1.93 bits per heavy atom. The van der Waals surface area contributed by atoms with Gasteiger partial charge in [-0.25, -0.2) is 4.98 Å². The molecule has 1 aliphatic rings. The van der Waals surface area contributed by atoms with Crippen LogP contribution < -0.4 is 15.4 Å². The van der Waals surface area contributed by atoms with Crippen molar-refractivity contribution < 1.29 is 22.7 Å². The molecular formula is C30H31F3N6O2S. The van der Waals surface area contributed by atoms with Gasteiger partial charge in [0, 0.05) is 49.6 Å². The Kier molecular flexibility index (Phi) is 9.15. The number of thiazole rings is 1. The van der Waals surface area contributed by atoms with E-state index in [9.17, 15) is 18.0 Å². The molecule has 2 aromatic carbocycles. The van der Waals surface area contributed by atoms with Gasteiger partial charge in [0.15, 0.2) is 5.78 Å². The van der Waals surface area contributed by atoms with Gasteiger partial charge in [0.2, 0.25) is 0 Å². The minimum atomic E-state index is -4.67. The third-order valence-electron chi connectivity index (χ3n) is 7.31. The second-order valence-electron chi connectivity index (χ2n) is 10.1. The Labute approximate surface area is 246 Å². The molecular weight excluding hydrogens is 565 g/mol. The number of hydrogen-bond acceptors (Lipinski definition) is 9. The summed E-state index contributed by atoms with van der Waals surface area (Å²) in [5, 5.41) is 9.94. The Bertz CT molecular complexity index is 1500. The first-order chi connectivity index (χ1) is 20.2. The molecule has 5 rings (SSSR count). The second kappa shape index (κ2) is 13.0. The van der Waals surface area contributed by atoms with Crippen molar-refractivity contribution in [3.05, 3.63) is 83.1 Å². The quantitative estimate of drug-likeness (QED) is 0.233. The van der Waals surface area contributed by atoms with E-state index >= 15 is 0 Å². The maximum atomic E-state index is 14.8. The van der Waals surface area contributed by atoms with Gasteiger partial charge < -0.3 is 15.4 Å². The van der Waals surface area contributed by atoms with Crippen LogP contribution in [-0.2, 0) is 12.6 Å². The molecule has 220 valence electrons. The molecule has 12 heteroatoms. The monoisotopic (exact) mass is 596 g/mol. The second-order valence-corrected chi connectivity index (χ2v) is 11.0. The molecule has 42 heavy (non-hydrogen) atoms. The molecule has 2 aromatic heterocycles. The van der Waals surface area contributed by atoms with Crippen LogP contribution in [0.3, 0.4) is 0 Å². The van der Waals surface area contributed by atoms with Crippen LogP contribution in [0, 0.1) is 0 Å². The number of alkyl halides is 3. The van der Waals surface area contributed by atoms with Crippen LogP contribution in [0.1, 0.15) is 34.5 Å². The van der Waals surface area contributed by atoms with Crippen LogP contribution in [0.4, 0.5) is 18.9 Å². The zero-order chi connectivity index (χ0) is 29.7. The number of ether oxygens (including phenoxy) is 1. The van der Waals surface area contributed by atoms with Gasteiger partial charge in [-0.2, -0.15) is 23.4 Å². The summed E-state index contributed by atoms with van der Waals surface area (Å²) in [5.74, 6) is -0.105. The maximum absolute atomic E-state index is 14.8. The molecule has 1 atom stereocenters. The lowest BCUT2D eigenvalue weighted by molar-refractivity contribution is -0.138. The zero-order valence-corrected chi connectivity index (χ0v) is 23.9. The molecule has 0 bridgehead atoms. The number of para-hydroxylation sites is 1. The van der Waals surface area contributed by atoms with Crippen LogP contribution >= 0.6 is 11.3 Å². The van der Waals surface area contributed by atoms with Gasteiger partial charge in [-0.05, 0) is 49.7 Å². The fourth-order valence-corrected chi connectivity index (χ4v) is 5.89. The summed E-state index contributed by atoms with van der Waals surface area (Å²) in [6.45, 7) is 1.65. The first kappa shape index (κ1) is 29.6. The van der Waals surface area contributed by atoms with Crippen LogP contribution in [-0.4, -0.2) is 65.1 Å². The molecule has 0 radical (unpaired) electrons. The van der Waals surface area contributed by atoms with E-state index in [0.717, 1.165) is 5.56 Å². The van der Waals surface area contributed by atoms with Crippen LogP contribution in [0.5, 0.6) is 11.5 Å². The van der Waals surface area contributed by atoms with E-state index in [1.807, 2.05) is 7.05 Å². The largest absolute Gasteiger partial charge is 0.457 e. The van der Waals surface area contributed by atoms with Crippen molar-refractivity contribution >= 4 is 22.8 Å². The number of halogens is 3. The molecule has 0 spiro atoms. The van der Waals surface area contributed by atoms with Crippen molar-refractivity contribution in [2.45, 2.75) is 31.5 Å². The van der Waals surface area contributed by atoms with E-state index in [1.165, 1.54) is 17.4 Å². The van der Waals surface area contributed by atoms with Crippen molar-refractivity contribution in [3.63, 3.8) is 0 Å².